The molecule has 0 aromatic carbocycles. The molecule has 0 aliphatic heterocycles. The van der Waals surface area contributed by atoms with Crippen molar-refractivity contribution < 1.29 is 57.1 Å². The van der Waals surface area contributed by atoms with Crippen molar-refractivity contribution in [2.24, 2.45) is 0 Å². The minimum absolute atomic E-state index is 0.145. The van der Waals surface area contributed by atoms with Gasteiger partial charge in [0.25, 0.3) is 0 Å². The van der Waals surface area contributed by atoms with Crippen LogP contribution in [0.25, 0.3) is 0 Å². The lowest BCUT2D eigenvalue weighted by Gasteiger charge is -2.34. The molecule has 0 aliphatic rings. The highest BCUT2D eigenvalue weighted by Crippen LogP contribution is 2.10. The Morgan fingerprint density at radius 1 is 0.649 bits per heavy atom. The lowest BCUT2D eigenvalue weighted by atomic mass is 10.0. The number of esters is 3. The number of nitrogens with one attached hydrogen (secondary N) is 2. The van der Waals surface area contributed by atoms with E-state index in [2.05, 4.69) is 10.6 Å². The minimum Gasteiger partial charge on any atom is -0.464 e. The molecule has 14 nitrogen and oxygen atoms in total. The lowest BCUT2D eigenvalue weighted by Crippen LogP contribution is -2.60. The number of amides is 2. The Kier molecular flexibility index (Phi) is 16.8. The van der Waals surface area contributed by atoms with Crippen molar-refractivity contribution in [2.75, 3.05) is 66.0 Å². The smallest absolute Gasteiger partial charge is 0.408 e. The van der Waals surface area contributed by atoms with Gasteiger partial charge in [0.15, 0.2) is 0 Å². The third kappa shape index (κ3) is 18.0. The van der Waals surface area contributed by atoms with E-state index in [1.54, 1.807) is 41.5 Å². The quantitative estimate of drug-likeness (QED) is 0.179. The summed E-state index contributed by atoms with van der Waals surface area (Å²) in [5.41, 5.74) is -2.26. The van der Waals surface area contributed by atoms with Crippen LogP contribution in [0.15, 0.2) is 0 Å². The third-order valence-electron chi connectivity index (χ3n) is 3.91. The average Bonchev–Trinajstić information content (AvgIpc) is 2.77. The number of hydrogen-bond acceptors (Lipinski definition) is 12. The maximum absolute atomic E-state index is 12.7. The Morgan fingerprint density at radius 2 is 1.03 bits per heavy atom. The molecule has 0 aromatic rings. The van der Waals surface area contributed by atoms with Crippen LogP contribution in [0.2, 0.25) is 0 Å². The van der Waals surface area contributed by atoms with Crippen LogP contribution in [0.3, 0.4) is 0 Å². The van der Waals surface area contributed by atoms with Gasteiger partial charge in [-0.15, -0.1) is 0 Å². The summed E-state index contributed by atoms with van der Waals surface area (Å²) in [6.45, 7) is 7.49. The lowest BCUT2D eigenvalue weighted by molar-refractivity contribution is -0.154. The van der Waals surface area contributed by atoms with Crippen molar-refractivity contribution in [2.45, 2.75) is 52.7 Å². The van der Waals surface area contributed by atoms with Gasteiger partial charge in [0, 0.05) is 0 Å². The van der Waals surface area contributed by atoms with Crippen LogP contribution in [0, 0.1) is 0 Å². The van der Waals surface area contributed by atoms with E-state index in [0.717, 1.165) is 0 Å². The van der Waals surface area contributed by atoms with Crippen LogP contribution in [-0.2, 0) is 52.3 Å². The fraction of sp³-hybridized carbons (Fsp3) is 0.783. The molecular formula is C23H40N2O12. The number of rotatable bonds is 18. The van der Waals surface area contributed by atoms with E-state index >= 15 is 0 Å². The van der Waals surface area contributed by atoms with Crippen LogP contribution in [0.4, 0.5) is 4.79 Å². The molecule has 0 aromatic heterocycles. The second-order valence-electron chi connectivity index (χ2n) is 8.58. The predicted octanol–water partition coefficient (Wildman–Crippen LogP) is 0.105. The summed E-state index contributed by atoms with van der Waals surface area (Å²) in [5.74, 6) is -2.62. The summed E-state index contributed by atoms with van der Waals surface area (Å²) in [6, 6.07) is 0. The molecule has 0 unspecified atom stereocenters. The van der Waals surface area contributed by atoms with Crippen LogP contribution in [-0.4, -0.2) is 107 Å². The predicted molar refractivity (Wildman–Crippen MR) is 127 cm³/mol. The fourth-order valence-corrected chi connectivity index (χ4v) is 2.64. The maximum atomic E-state index is 12.7. The molecule has 37 heavy (non-hydrogen) atoms. The van der Waals surface area contributed by atoms with Crippen LogP contribution in [0.5, 0.6) is 0 Å². The highest BCUT2D eigenvalue weighted by molar-refractivity contribution is 5.83. The molecule has 214 valence electrons. The van der Waals surface area contributed by atoms with Gasteiger partial charge in [0.2, 0.25) is 5.91 Å². The molecule has 0 radical (unpaired) electrons. The van der Waals surface area contributed by atoms with Gasteiger partial charge in [-0.3, -0.25) is 4.79 Å². The number of alkyl carbamates (subject to hydrolysis) is 1. The molecular weight excluding hydrogens is 496 g/mol. The zero-order valence-electron chi connectivity index (χ0n) is 22.5. The van der Waals surface area contributed by atoms with Crippen LogP contribution in [0.1, 0.15) is 41.5 Å². The van der Waals surface area contributed by atoms with Crippen molar-refractivity contribution >= 4 is 29.9 Å². The second-order valence-corrected chi connectivity index (χ2v) is 8.58. The van der Waals surface area contributed by atoms with E-state index in [0.29, 0.717) is 0 Å². The number of hydrogen-bond donors (Lipinski definition) is 2. The number of ether oxygens (including phenoxy) is 7. The molecule has 0 heterocycles. The van der Waals surface area contributed by atoms with Crippen LogP contribution < -0.4 is 10.6 Å². The Morgan fingerprint density at radius 3 is 1.35 bits per heavy atom. The Labute approximate surface area is 216 Å². The normalized spacial score (nSPS) is 11.3. The molecule has 14 heteroatoms. The van der Waals surface area contributed by atoms with Crippen molar-refractivity contribution in [3.8, 4) is 0 Å². The molecule has 0 saturated heterocycles. The summed E-state index contributed by atoms with van der Waals surface area (Å²) >= 11 is 0. The van der Waals surface area contributed by atoms with Crippen molar-refractivity contribution in [1.82, 2.24) is 10.6 Å². The first-order chi connectivity index (χ1) is 17.4. The fourth-order valence-electron chi connectivity index (χ4n) is 2.64. The third-order valence-corrected chi connectivity index (χ3v) is 3.91. The molecule has 0 rings (SSSR count). The second kappa shape index (κ2) is 18.3. The van der Waals surface area contributed by atoms with Crippen molar-refractivity contribution in [3.05, 3.63) is 0 Å². The molecule has 2 amide bonds. The first-order valence-electron chi connectivity index (χ1n) is 11.8. The molecule has 0 fully saturated rings. The van der Waals surface area contributed by atoms with Gasteiger partial charge >= 0.3 is 24.0 Å². The zero-order valence-corrected chi connectivity index (χ0v) is 22.5. The summed E-state index contributed by atoms with van der Waals surface area (Å²) in [4.78, 5) is 59.8. The van der Waals surface area contributed by atoms with E-state index in [1.165, 1.54) is 0 Å². The van der Waals surface area contributed by atoms with Gasteiger partial charge < -0.3 is 43.8 Å². The van der Waals surface area contributed by atoms with Gasteiger partial charge in [-0.1, -0.05) is 0 Å². The Bertz CT molecular complexity index is 676. The summed E-state index contributed by atoms with van der Waals surface area (Å²) in [7, 11) is 0. The van der Waals surface area contributed by atoms with Gasteiger partial charge in [-0.25, -0.2) is 19.2 Å². The van der Waals surface area contributed by atoms with E-state index < -0.39 is 67.4 Å². The van der Waals surface area contributed by atoms with E-state index in [1.807, 2.05) is 0 Å². The summed E-state index contributed by atoms with van der Waals surface area (Å²) in [5, 5.41) is 4.94. The minimum atomic E-state index is -1.49. The molecule has 0 bridgehead atoms. The maximum Gasteiger partial charge on any atom is 0.408 e. The summed E-state index contributed by atoms with van der Waals surface area (Å²) in [6.07, 6.45) is -0.816. The largest absolute Gasteiger partial charge is 0.464 e. The molecule has 0 saturated carbocycles. The number of carbonyl (C=O) groups is 5. The Balaban J connectivity index is 5.52. The standard InChI is InChI=1S/C23H40N2O12/c1-7-34-18(27)11-31-14-23(15-32-12-19(28)35-8-2,16-33-13-20(29)36-9-3)25-17(26)10-24-21(30)37-22(4,5)6/h7-16H2,1-6H3,(H,24,30)(H,25,26). The topological polar surface area (TPSA) is 174 Å². The van der Waals surface area contributed by atoms with Crippen molar-refractivity contribution in [3.63, 3.8) is 0 Å². The molecule has 0 atom stereocenters. The Hall–Kier alpha value is -2.97. The monoisotopic (exact) mass is 536 g/mol. The van der Waals surface area contributed by atoms with Gasteiger partial charge in [-0.2, -0.15) is 0 Å². The van der Waals surface area contributed by atoms with E-state index in [9.17, 15) is 24.0 Å². The average molecular weight is 537 g/mol. The first kappa shape index (κ1) is 34.0. The SMILES string of the molecule is CCOC(=O)COCC(COCC(=O)OCC)(COCC(=O)OCC)NC(=O)CNC(=O)OC(C)(C)C. The molecule has 0 spiro atoms. The molecule has 2 N–H and O–H groups in total. The molecule has 0 aliphatic carbocycles. The van der Waals surface area contributed by atoms with Crippen molar-refractivity contribution in [1.29, 1.82) is 0 Å². The van der Waals surface area contributed by atoms with Gasteiger partial charge in [-0.05, 0) is 41.5 Å². The zero-order chi connectivity index (χ0) is 28.3. The van der Waals surface area contributed by atoms with Gasteiger partial charge in [0.05, 0.1) is 39.6 Å². The number of carbonyl (C=O) groups excluding carboxylic acids is 5. The summed E-state index contributed by atoms with van der Waals surface area (Å²) < 4.78 is 35.8. The van der Waals surface area contributed by atoms with E-state index in [-0.39, 0.29) is 39.6 Å². The highest BCUT2D eigenvalue weighted by Gasteiger charge is 2.35. The first-order valence-corrected chi connectivity index (χ1v) is 11.8. The van der Waals surface area contributed by atoms with Crippen LogP contribution >= 0.6 is 0 Å². The van der Waals surface area contributed by atoms with E-state index in [4.69, 9.17) is 33.2 Å². The highest BCUT2D eigenvalue weighted by atomic mass is 16.6. The van der Waals surface area contributed by atoms with Gasteiger partial charge in [0.1, 0.15) is 37.5 Å².